The third-order valence-electron chi connectivity index (χ3n) is 6.54. The van der Waals surface area contributed by atoms with Crippen LogP contribution in [0, 0.1) is 5.41 Å². The molecule has 1 aliphatic carbocycles. The van der Waals surface area contributed by atoms with E-state index in [2.05, 4.69) is 64.6 Å². The lowest BCUT2D eigenvalue weighted by molar-refractivity contribution is -0.148. The van der Waals surface area contributed by atoms with Crippen LogP contribution in [0.1, 0.15) is 51.9 Å². The predicted molar refractivity (Wildman–Crippen MR) is 131 cm³/mol. The molecular weight excluding hydrogens is 418 g/mol. The van der Waals surface area contributed by atoms with Crippen molar-refractivity contribution in [2.75, 3.05) is 0 Å². The minimum absolute atomic E-state index is 0.0144. The van der Waals surface area contributed by atoms with Gasteiger partial charge in [-0.2, -0.15) is 0 Å². The lowest BCUT2D eigenvalue weighted by Gasteiger charge is -2.32. The number of thiophene rings is 1. The number of pyridine rings is 1. The van der Waals surface area contributed by atoms with Crippen molar-refractivity contribution in [3.63, 3.8) is 0 Å². The molecule has 1 aromatic carbocycles. The molecule has 2 unspecified atom stereocenters. The molecule has 0 radical (unpaired) electrons. The van der Waals surface area contributed by atoms with E-state index in [-0.39, 0.29) is 23.6 Å². The first kappa shape index (κ1) is 22.5. The molecule has 2 aromatic heterocycles. The summed E-state index contributed by atoms with van der Waals surface area (Å²) in [6.07, 6.45) is 4.56. The number of ether oxygens (including phenoxy) is 2. The summed E-state index contributed by atoms with van der Waals surface area (Å²) in [5.41, 5.74) is 3.24. The Bertz CT molecular complexity index is 1150. The fraction of sp³-hybridized carbons (Fsp3) is 0.407. The van der Waals surface area contributed by atoms with Gasteiger partial charge in [-0.15, -0.1) is 11.3 Å². The number of hydrogen-bond donors (Lipinski definition) is 0. The second-order valence-corrected chi connectivity index (χ2v) is 10.0. The first-order valence-corrected chi connectivity index (χ1v) is 12.2. The highest BCUT2D eigenvalue weighted by molar-refractivity contribution is 7.22. The monoisotopic (exact) mass is 449 g/mol. The van der Waals surface area contributed by atoms with Crippen molar-refractivity contribution < 1.29 is 14.3 Å². The maximum Gasteiger partial charge on any atom is 0.330 e. The van der Waals surface area contributed by atoms with Crippen LogP contribution in [-0.2, 0) is 22.4 Å². The maximum absolute atomic E-state index is 11.7. The van der Waals surface area contributed by atoms with Crippen molar-refractivity contribution in [1.82, 2.24) is 4.98 Å². The Balaban J connectivity index is 1.57. The van der Waals surface area contributed by atoms with E-state index >= 15 is 0 Å². The number of rotatable bonds is 7. The average molecular weight is 450 g/mol. The summed E-state index contributed by atoms with van der Waals surface area (Å²) < 4.78 is 13.2. The highest BCUT2D eigenvalue weighted by atomic mass is 32.1. The minimum atomic E-state index is -0.371. The highest BCUT2D eigenvalue weighted by Crippen LogP contribution is 2.43. The van der Waals surface area contributed by atoms with Gasteiger partial charge < -0.3 is 9.47 Å². The van der Waals surface area contributed by atoms with Crippen LogP contribution in [0.5, 0.6) is 5.75 Å². The third-order valence-corrected chi connectivity index (χ3v) is 7.67. The smallest absolute Gasteiger partial charge is 0.330 e. The number of carbonyl (C=O) groups excluding carboxylic acids is 1. The van der Waals surface area contributed by atoms with E-state index in [1.165, 1.54) is 26.6 Å². The number of aryl methyl sites for hydroxylation is 2. The number of carbonyl (C=O) groups is 1. The van der Waals surface area contributed by atoms with Gasteiger partial charge in [0.05, 0.1) is 0 Å². The van der Waals surface area contributed by atoms with Crippen LogP contribution in [0.3, 0.4) is 0 Å². The fourth-order valence-corrected chi connectivity index (χ4v) is 5.62. The van der Waals surface area contributed by atoms with Gasteiger partial charge in [-0.1, -0.05) is 34.3 Å². The Kier molecular flexibility index (Phi) is 6.38. The van der Waals surface area contributed by atoms with Gasteiger partial charge in [0, 0.05) is 38.0 Å². The van der Waals surface area contributed by atoms with Crippen LogP contribution in [0.2, 0.25) is 0 Å². The average Bonchev–Trinajstić information content (AvgIpc) is 3.33. The first-order valence-electron chi connectivity index (χ1n) is 11.4. The van der Waals surface area contributed by atoms with E-state index in [1.54, 1.807) is 11.3 Å². The molecule has 0 saturated heterocycles. The number of benzene rings is 1. The molecule has 2 atom stereocenters. The lowest BCUT2D eigenvalue weighted by atomic mass is 9.87. The van der Waals surface area contributed by atoms with E-state index in [0.717, 1.165) is 42.8 Å². The summed E-state index contributed by atoms with van der Waals surface area (Å²) in [7, 11) is 0. The van der Waals surface area contributed by atoms with Gasteiger partial charge in [0.2, 0.25) is 0 Å². The van der Waals surface area contributed by atoms with Gasteiger partial charge in [0.1, 0.15) is 18.0 Å². The summed E-state index contributed by atoms with van der Waals surface area (Å²) in [6.45, 7) is 12.0. The number of hydrogen-bond acceptors (Lipinski definition) is 5. The second kappa shape index (κ2) is 9.07. The molecule has 0 amide bonds. The van der Waals surface area contributed by atoms with Gasteiger partial charge >= 0.3 is 5.97 Å². The standard InChI is InChI=1S/C27H31NO3S/c1-6-18-10-12-20(21(7-2)28-18)23-15-17-9-11-19(16-22(17)32-23)30-24-13-14-25(27(24,4)5)31-26(29)8-3/h8-12,15-16,24-25H,3,6-7,13-14H2,1-2,4-5H3. The topological polar surface area (TPSA) is 48.4 Å². The molecular formula is C27H31NO3S. The third kappa shape index (κ3) is 4.31. The Morgan fingerprint density at radius 3 is 2.66 bits per heavy atom. The molecule has 2 heterocycles. The summed E-state index contributed by atoms with van der Waals surface area (Å²) >= 11 is 1.78. The number of nitrogens with zero attached hydrogens (tertiary/aromatic N) is 1. The zero-order valence-corrected chi connectivity index (χ0v) is 20.1. The Labute approximate surface area is 194 Å². The molecule has 168 valence electrons. The van der Waals surface area contributed by atoms with E-state index in [4.69, 9.17) is 14.5 Å². The first-order chi connectivity index (χ1) is 15.3. The SMILES string of the molecule is C=CC(=O)OC1CCC(Oc2ccc3cc(-c4ccc(CC)nc4CC)sc3c2)C1(C)C. The summed E-state index contributed by atoms with van der Waals surface area (Å²) in [5.74, 6) is 0.485. The van der Waals surface area contributed by atoms with Crippen LogP contribution in [0.4, 0.5) is 0 Å². The minimum Gasteiger partial charge on any atom is -0.490 e. The van der Waals surface area contributed by atoms with Gasteiger partial charge in [-0.25, -0.2) is 4.79 Å². The van der Waals surface area contributed by atoms with Crippen molar-refractivity contribution in [3.8, 4) is 16.2 Å². The maximum atomic E-state index is 11.7. The van der Waals surface area contributed by atoms with Gasteiger partial charge in [-0.3, -0.25) is 4.98 Å². The number of esters is 1. The summed E-state index contributed by atoms with van der Waals surface area (Å²) in [5, 5.41) is 1.21. The summed E-state index contributed by atoms with van der Waals surface area (Å²) in [6, 6.07) is 12.9. The molecule has 32 heavy (non-hydrogen) atoms. The molecule has 0 aliphatic heterocycles. The molecule has 3 aromatic rings. The molecule has 1 aliphatic rings. The van der Waals surface area contributed by atoms with Crippen molar-refractivity contribution in [2.24, 2.45) is 5.41 Å². The van der Waals surface area contributed by atoms with E-state index in [1.807, 2.05) is 6.07 Å². The van der Waals surface area contributed by atoms with Crippen LogP contribution in [-0.4, -0.2) is 23.2 Å². The lowest BCUT2D eigenvalue weighted by Crippen LogP contribution is -2.38. The quantitative estimate of drug-likeness (QED) is 0.296. The normalized spacial score (nSPS) is 19.8. The van der Waals surface area contributed by atoms with Gasteiger partial charge in [0.15, 0.2) is 0 Å². The Morgan fingerprint density at radius 2 is 1.94 bits per heavy atom. The largest absolute Gasteiger partial charge is 0.490 e. The van der Waals surface area contributed by atoms with Gasteiger partial charge in [-0.05, 0) is 67.5 Å². The molecule has 4 rings (SSSR count). The molecule has 1 saturated carbocycles. The molecule has 1 fully saturated rings. The van der Waals surface area contributed by atoms with Crippen LogP contribution < -0.4 is 4.74 Å². The summed E-state index contributed by atoms with van der Waals surface area (Å²) in [4.78, 5) is 17.8. The Hall–Kier alpha value is -2.66. The van der Waals surface area contributed by atoms with E-state index in [0.29, 0.717) is 0 Å². The van der Waals surface area contributed by atoms with E-state index in [9.17, 15) is 4.79 Å². The molecule has 5 heteroatoms. The molecule has 0 bridgehead atoms. The van der Waals surface area contributed by atoms with Crippen LogP contribution >= 0.6 is 11.3 Å². The van der Waals surface area contributed by atoms with Crippen LogP contribution in [0.25, 0.3) is 20.5 Å². The van der Waals surface area contributed by atoms with Gasteiger partial charge in [0.25, 0.3) is 0 Å². The van der Waals surface area contributed by atoms with Crippen molar-refractivity contribution in [2.45, 2.75) is 65.6 Å². The number of fused-ring (bicyclic) bond motifs is 1. The van der Waals surface area contributed by atoms with Crippen molar-refractivity contribution in [1.29, 1.82) is 0 Å². The molecule has 4 nitrogen and oxygen atoms in total. The fourth-order valence-electron chi connectivity index (χ4n) is 4.48. The van der Waals surface area contributed by atoms with Crippen molar-refractivity contribution >= 4 is 27.4 Å². The zero-order valence-electron chi connectivity index (χ0n) is 19.3. The highest BCUT2D eigenvalue weighted by Gasteiger charge is 2.47. The molecule has 0 spiro atoms. The second-order valence-electron chi connectivity index (χ2n) is 8.95. The predicted octanol–water partition coefficient (Wildman–Crippen LogP) is 6.75. The zero-order chi connectivity index (χ0) is 22.9. The Morgan fingerprint density at radius 1 is 1.16 bits per heavy atom. The van der Waals surface area contributed by atoms with Crippen molar-refractivity contribution in [3.05, 3.63) is 60.4 Å². The molecule has 0 N–H and O–H groups in total. The van der Waals surface area contributed by atoms with E-state index < -0.39 is 0 Å². The number of aromatic nitrogens is 1. The van der Waals surface area contributed by atoms with Crippen LogP contribution in [0.15, 0.2) is 49.1 Å².